The SMILES string of the molecule is Cc1cc([S+](c2cc(C)c(F)c(C)c2)c2cc(C)c(C(F)(F)F)c(C)c2)cc(C(F)(F)F)c1. The Hall–Kier alpha value is -2.48. The van der Waals surface area contributed by atoms with Crippen LogP contribution in [0.4, 0.5) is 30.7 Å². The first-order valence-corrected chi connectivity index (χ1v) is 11.2. The number of halogens is 7. The molecule has 0 spiro atoms. The maximum absolute atomic E-state index is 14.3. The van der Waals surface area contributed by atoms with Gasteiger partial charge in [-0.2, -0.15) is 26.3 Å². The summed E-state index contributed by atoms with van der Waals surface area (Å²) in [5.41, 5.74) is -0.651. The smallest absolute Gasteiger partial charge is 0.206 e. The second kappa shape index (κ2) is 8.70. The third kappa shape index (κ3) is 5.21. The minimum absolute atomic E-state index is 0.0192. The highest BCUT2D eigenvalue weighted by molar-refractivity contribution is 7.97. The van der Waals surface area contributed by atoms with Gasteiger partial charge in [0.05, 0.1) is 22.0 Å². The normalized spacial score (nSPS) is 13.3. The zero-order valence-corrected chi connectivity index (χ0v) is 19.4. The molecule has 0 heterocycles. The van der Waals surface area contributed by atoms with Gasteiger partial charge in [0.15, 0.2) is 14.7 Å². The molecule has 0 bridgehead atoms. The summed E-state index contributed by atoms with van der Waals surface area (Å²) >= 11 is 0. The maximum atomic E-state index is 14.3. The number of rotatable bonds is 3. The standard InChI is InChI=1S/C25H22F7S/c1-13-6-18(24(27,28)29)12-19(7-13)33(21-10-16(4)23(26)17(5)11-21)20-8-14(2)22(15(3)9-20)25(30,31)32/h6-12H,1-5H3/q+1. The van der Waals surface area contributed by atoms with Crippen LogP contribution in [0.15, 0.2) is 57.2 Å². The molecule has 1 atom stereocenters. The van der Waals surface area contributed by atoms with Gasteiger partial charge >= 0.3 is 12.4 Å². The Kier molecular flexibility index (Phi) is 6.63. The first-order valence-electron chi connectivity index (χ1n) is 9.98. The van der Waals surface area contributed by atoms with Crippen LogP contribution >= 0.6 is 0 Å². The second-order valence-corrected chi connectivity index (χ2v) is 10.2. The van der Waals surface area contributed by atoms with Crippen molar-refractivity contribution in [3.63, 3.8) is 0 Å². The van der Waals surface area contributed by atoms with Gasteiger partial charge in [0.2, 0.25) is 0 Å². The van der Waals surface area contributed by atoms with Gasteiger partial charge in [0.1, 0.15) is 5.82 Å². The van der Waals surface area contributed by atoms with Crippen molar-refractivity contribution in [2.24, 2.45) is 0 Å². The molecule has 0 aliphatic carbocycles. The van der Waals surface area contributed by atoms with E-state index in [0.717, 1.165) is 12.1 Å². The van der Waals surface area contributed by atoms with Crippen LogP contribution in [0.2, 0.25) is 0 Å². The fraction of sp³-hybridized carbons (Fsp3) is 0.280. The molecular weight excluding hydrogens is 465 g/mol. The molecule has 0 aromatic heterocycles. The molecule has 0 aliphatic rings. The van der Waals surface area contributed by atoms with Crippen molar-refractivity contribution >= 4 is 10.9 Å². The van der Waals surface area contributed by atoms with E-state index in [1.165, 1.54) is 32.9 Å². The van der Waals surface area contributed by atoms with E-state index in [4.69, 9.17) is 0 Å². The van der Waals surface area contributed by atoms with Crippen LogP contribution in [-0.2, 0) is 23.2 Å². The lowest BCUT2D eigenvalue weighted by Gasteiger charge is -2.17. The molecule has 0 nitrogen and oxygen atoms in total. The summed E-state index contributed by atoms with van der Waals surface area (Å²) in [4.78, 5) is 1.26. The van der Waals surface area contributed by atoms with E-state index >= 15 is 0 Å². The average Bonchev–Trinajstić information content (AvgIpc) is 2.63. The Bertz CT molecular complexity index is 1160. The zero-order chi connectivity index (χ0) is 24.9. The molecule has 3 rings (SSSR count). The molecule has 0 saturated heterocycles. The molecular formula is C25H22F7S+. The molecule has 176 valence electrons. The van der Waals surface area contributed by atoms with E-state index in [2.05, 4.69) is 0 Å². The molecule has 0 radical (unpaired) electrons. The Morgan fingerprint density at radius 1 is 0.545 bits per heavy atom. The molecule has 3 aromatic rings. The van der Waals surface area contributed by atoms with Crippen molar-refractivity contribution in [2.75, 3.05) is 0 Å². The number of hydrogen-bond acceptors (Lipinski definition) is 0. The minimum Gasteiger partial charge on any atom is -0.206 e. The van der Waals surface area contributed by atoms with Crippen LogP contribution in [0.5, 0.6) is 0 Å². The van der Waals surface area contributed by atoms with Crippen LogP contribution in [0.1, 0.15) is 38.9 Å². The third-order valence-corrected chi connectivity index (χ3v) is 7.41. The van der Waals surface area contributed by atoms with Gasteiger partial charge in [-0.05, 0) is 98.8 Å². The van der Waals surface area contributed by atoms with Crippen molar-refractivity contribution < 1.29 is 30.7 Å². The highest BCUT2D eigenvalue weighted by Crippen LogP contribution is 2.41. The largest absolute Gasteiger partial charge is 0.416 e. The lowest BCUT2D eigenvalue weighted by Crippen LogP contribution is -2.14. The zero-order valence-electron chi connectivity index (χ0n) is 18.6. The lowest BCUT2D eigenvalue weighted by atomic mass is 10.0. The lowest BCUT2D eigenvalue weighted by molar-refractivity contribution is -0.139. The van der Waals surface area contributed by atoms with Gasteiger partial charge in [-0.1, -0.05) is 0 Å². The Labute approximate surface area is 190 Å². The number of aryl methyl sites for hydroxylation is 5. The number of benzene rings is 3. The Morgan fingerprint density at radius 3 is 1.39 bits per heavy atom. The van der Waals surface area contributed by atoms with E-state index in [0.29, 0.717) is 31.4 Å². The molecule has 0 saturated carbocycles. The quantitative estimate of drug-likeness (QED) is 0.257. The highest BCUT2D eigenvalue weighted by Gasteiger charge is 2.39. The number of alkyl halides is 6. The van der Waals surface area contributed by atoms with E-state index in [9.17, 15) is 30.7 Å². The first-order chi connectivity index (χ1) is 15.1. The molecule has 33 heavy (non-hydrogen) atoms. The van der Waals surface area contributed by atoms with E-state index in [-0.39, 0.29) is 11.1 Å². The van der Waals surface area contributed by atoms with Crippen molar-refractivity contribution in [1.29, 1.82) is 0 Å². The van der Waals surface area contributed by atoms with E-state index in [1.807, 2.05) is 0 Å². The van der Waals surface area contributed by atoms with Gasteiger partial charge < -0.3 is 0 Å². The Morgan fingerprint density at radius 2 is 0.970 bits per heavy atom. The summed E-state index contributed by atoms with van der Waals surface area (Å²) in [5, 5.41) is 0. The second-order valence-electron chi connectivity index (χ2n) is 8.14. The fourth-order valence-electron chi connectivity index (χ4n) is 3.95. The summed E-state index contributed by atoms with van der Waals surface area (Å²) in [6, 6.07) is 9.45. The molecule has 0 amide bonds. The van der Waals surface area contributed by atoms with Gasteiger partial charge in [0, 0.05) is 6.07 Å². The van der Waals surface area contributed by atoms with Gasteiger partial charge in [0.25, 0.3) is 0 Å². The monoisotopic (exact) mass is 487 g/mol. The molecule has 0 fully saturated rings. The van der Waals surface area contributed by atoms with Crippen LogP contribution < -0.4 is 0 Å². The van der Waals surface area contributed by atoms with Crippen LogP contribution in [0, 0.1) is 40.4 Å². The third-order valence-electron chi connectivity index (χ3n) is 5.28. The van der Waals surface area contributed by atoms with Gasteiger partial charge in [-0.15, -0.1) is 0 Å². The average molecular weight is 488 g/mol. The van der Waals surface area contributed by atoms with Gasteiger partial charge in [-0.25, -0.2) is 4.39 Å². The van der Waals surface area contributed by atoms with Crippen molar-refractivity contribution in [2.45, 2.75) is 61.7 Å². The van der Waals surface area contributed by atoms with Crippen molar-refractivity contribution in [3.05, 3.63) is 87.2 Å². The Balaban J connectivity index is 2.35. The van der Waals surface area contributed by atoms with Crippen molar-refractivity contribution in [3.8, 4) is 0 Å². The predicted octanol–water partition coefficient (Wildman–Crippen LogP) is 8.50. The summed E-state index contributed by atoms with van der Waals surface area (Å²) in [5.74, 6) is -0.428. The fourth-order valence-corrected chi connectivity index (χ4v) is 6.49. The molecule has 8 heteroatoms. The summed E-state index contributed by atoms with van der Waals surface area (Å²) in [7, 11) is -1.19. The van der Waals surface area contributed by atoms with Gasteiger partial charge in [-0.3, -0.25) is 0 Å². The highest BCUT2D eigenvalue weighted by atomic mass is 32.2. The minimum atomic E-state index is -4.59. The summed E-state index contributed by atoms with van der Waals surface area (Å²) in [6.07, 6.45) is -9.14. The van der Waals surface area contributed by atoms with Crippen molar-refractivity contribution in [1.82, 2.24) is 0 Å². The molecule has 1 unspecified atom stereocenters. The van der Waals surface area contributed by atoms with Crippen LogP contribution in [-0.4, -0.2) is 0 Å². The molecule has 0 aliphatic heterocycles. The number of hydrogen-bond donors (Lipinski definition) is 0. The molecule has 0 N–H and O–H groups in total. The molecule has 3 aromatic carbocycles. The topological polar surface area (TPSA) is 0 Å². The predicted molar refractivity (Wildman–Crippen MR) is 115 cm³/mol. The maximum Gasteiger partial charge on any atom is 0.416 e. The summed E-state index contributed by atoms with van der Waals surface area (Å²) < 4.78 is 95.5. The van der Waals surface area contributed by atoms with Crippen LogP contribution in [0.25, 0.3) is 0 Å². The summed E-state index contributed by atoms with van der Waals surface area (Å²) in [6.45, 7) is 7.30. The van der Waals surface area contributed by atoms with E-state index < -0.39 is 40.2 Å². The first kappa shape index (κ1) is 25.1. The van der Waals surface area contributed by atoms with Crippen LogP contribution in [0.3, 0.4) is 0 Å². The van der Waals surface area contributed by atoms with E-state index in [1.54, 1.807) is 32.0 Å².